The van der Waals surface area contributed by atoms with Crippen molar-refractivity contribution < 1.29 is 4.79 Å². The first kappa shape index (κ1) is 13.1. The Labute approximate surface area is 113 Å². The summed E-state index contributed by atoms with van der Waals surface area (Å²) in [4.78, 5) is 11.9. The van der Waals surface area contributed by atoms with Crippen molar-refractivity contribution >= 4 is 11.5 Å². The monoisotopic (exact) mass is 251 g/mol. The third-order valence-corrected chi connectivity index (χ3v) is 2.84. The van der Waals surface area contributed by atoms with Crippen LogP contribution in [0.2, 0.25) is 0 Å². The maximum atomic E-state index is 11.9. The Bertz CT molecular complexity index is 597. The Morgan fingerprint density at radius 1 is 1.00 bits per heavy atom. The molecule has 2 rings (SSSR count). The van der Waals surface area contributed by atoms with Crippen molar-refractivity contribution in [2.24, 2.45) is 0 Å². The molecule has 0 saturated heterocycles. The van der Waals surface area contributed by atoms with Crippen LogP contribution in [0, 0.1) is 13.8 Å². The molecular weight excluding hydrogens is 234 g/mol. The van der Waals surface area contributed by atoms with Crippen molar-refractivity contribution in [3.05, 3.63) is 77.5 Å². The van der Waals surface area contributed by atoms with Crippen LogP contribution in [0.5, 0.6) is 0 Å². The number of rotatable bonds is 4. The normalized spacial score (nSPS) is 10.6. The average molecular weight is 251 g/mol. The number of anilines is 1. The molecule has 0 bridgehead atoms. The Hall–Kier alpha value is -2.35. The number of carbonyl (C=O) groups is 1. The zero-order valence-electron chi connectivity index (χ0n) is 11.2. The first-order valence-corrected chi connectivity index (χ1v) is 6.26. The van der Waals surface area contributed by atoms with E-state index in [4.69, 9.17) is 0 Å². The highest BCUT2D eigenvalue weighted by atomic mass is 16.1. The molecule has 2 heteroatoms. The predicted molar refractivity (Wildman–Crippen MR) is 79.5 cm³/mol. The SMILES string of the molecule is Cc1ccc(C(=O)/C=C/Nc2cccc(C)c2)cc1. The molecule has 0 unspecified atom stereocenters. The lowest BCUT2D eigenvalue weighted by molar-refractivity contribution is 0.104. The van der Waals surface area contributed by atoms with Gasteiger partial charge < -0.3 is 5.32 Å². The van der Waals surface area contributed by atoms with E-state index in [-0.39, 0.29) is 5.78 Å². The minimum Gasteiger partial charge on any atom is -0.362 e. The molecule has 2 aromatic rings. The van der Waals surface area contributed by atoms with Gasteiger partial charge in [-0.15, -0.1) is 0 Å². The quantitative estimate of drug-likeness (QED) is 0.654. The molecule has 0 aliphatic heterocycles. The van der Waals surface area contributed by atoms with Crippen LogP contribution in [0.15, 0.2) is 60.8 Å². The lowest BCUT2D eigenvalue weighted by Crippen LogP contribution is -1.96. The lowest BCUT2D eigenvalue weighted by Gasteiger charge is -2.01. The molecule has 0 aliphatic rings. The summed E-state index contributed by atoms with van der Waals surface area (Å²) in [6.07, 6.45) is 3.23. The van der Waals surface area contributed by atoms with Gasteiger partial charge in [0, 0.05) is 23.5 Å². The molecule has 0 atom stereocenters. The molecule has 2 nitrogen and oxygen atoms in total. The molecule has 0 radical (unpaired) electrons. The molecule has 0 aliphatic carbocycles. The summed E-state index contributed by atoms with van der Waals surface area (Å²) in [7, 11) is 0. The van der Waals surface area contributed by atoms with E-state index >= 15 is 0 Å². The van der Waals surface area contributed by atoms with E-state index in [9.17, 15) is 4.79 Å². The van der Waals surface area contributed by atoms with Crippen molar-refractivity contribution in [2.45, 2.75) is 13.8 Å². The van der Waals surface area contributed by atoms with Gasteiger partial charge in [0.1, 0.15) is 0 Å². The van der Waals surface area contributed by atoms with Crippen LogP contribution < -0.4 is 5.32 Å². The van der Waals surface area contributed by atoms with Crippen molar-refractivity contribution in [3.8, 4) is 0 Å². The lowest BCUT2D eigenvalue weighted by atomic mass is 10.1. The molecule has 0 fully saturated rings. The standard InChI is InChI=1S/C17H17NO/c1-13-6-8-15(9-7-13)17(19)10-11-18-16-5-3-4-14(2)12-16/h3-12,18H,1-2H3/b11-10+. The number of benzene rings is 2. The highest BCUT2D eigenvalue weighted by Crippen LogP contribution is 2.09. The summed E-state index contributed by atoms with van der Waals surface area (Å²) in [5, 5.41) is 3.10. The van der Waals surface area contributed by atoms with Crippen molar-refractivity contribution in [1.29, 1.82) is 0 Å². The molecule has 0 heterocycles. The molecule has 0 saturated carbocycles. The Morgan fingerprint density at radius 3 is 2.42 bits per heavy atom. The third-order valence-electron chi connectivity index (χ3n) is 2.84. The van der Waals surface area contributed by atoms with E-state index in [1.165, 1.54) is 5.56 Å². The maximum Gasteiger partial charge on any atom is 0.187 e. The summed E-state index contributed by atoms with van der Waals surface area (Å²) in [6, 6.07) is 15.6. The molecule has 96 valence electrons. The van der Waals surface area contributed by atoms with Crippen LogP contribution in [0.25, 0.3) is 0 Å². The van der Waals surface area contributed by atoms with Gasteiger partial charge in [-0.2, -0.15) is 0 Å². The number of ketones is 1. The molecule has 0 aromatic heterocycles. The van der Waals surface area contributed by atoms with E-state index in [2.05, 4.69) is 5.32 Å². The van der Waals surface area contributed by atoms with Gasteiger partial charge in [0.05, 0.1) is 0 Å². The molecule has 0 spiro atoms. The van der Waals surface area contributed by atoms with Gasteiger partial charge >= 0.3 is 0 Å². The first-order valence-electron chi connectivity index (χ1n) is 6.26. The van der Waals surface area contributed by atoms with Gasteiger partial charge in [-0.1, -0.05) is 42.0 Å². The molecule has 19 heavy (non-hydrogen) atoms. The Kier molecular flexibility index (Phi) is 4.14. The van der Waals surface area contributed by atoms with Gasteiger partial charge in [0.25, 0.3) is 0 Å². The molecule has 2 aromatic carbocycles. The zero-order valence-corrected chi connectivity index (χ0v) is 11.2. The van der Waals surface area contributed by atoms with E-state index < -0.39 is 0 Å². The zero-order chi connectivity index (χ0) is 13.7. The second kappa shape index (κ2) is 6.01. The number of allylic oxidation sites excluding steroid dienone is 1. The second-order valence-corrected chi connectivity index (χ2v) is 4.58. The maximum absolute atomic E-state index is 11.9. The van der Waals surface area contributed by atoms with Crippen LogP contribution in [0.1, 0.15) is 21.5 Å². The van der Waals surface area contributed by atoms with Crippen LogP contribution in [0.4, 0.5) is 5.69 Å². The van der Waals surface area contributed by atoms with Crippen molar-refractivity contribution in [1.82, 2.24) is 0 Å². The van der Waals surface area contributed by atoms with Crippen LogP contribution in [-0.4, -0.2) is 5.78 Å². The largest absolute Gasteiger partial charge is 0.362 e. The smallest absolute Gasteiger partial charge is 0.187 e. The molecular formula is C17H17NO. The summed E-state index contributed by atoms with van der Waals surface area (Å²) < 4.78 is 0. The fourth-order valence-corrected chi connectivity index (χ4v) is 1.76. The van der Waals surface area contributed by atoms with Crippen LogP contribution >= 0.6 is 0 Å². The van der Waals surface area contributed by atoms with Gasteiger partial charge in [-0.25, -0.2) is 0 Å². The van der Waals surface area contributed by atoms with E-state index in [1.807, 2.05) is 62.4 Å². The summed E-state index contributed by atoms with van der Waals surface area (Å²) >= 11 is 0. The number of hydrogen-bond acceptors (Lipinski definition) is 2. The van der Waals surface area contributed by atoms with Crippen LogP contribution in [-0.2, 0) is 0 Å². The first-order chi connectivity index (χ1) is 9.15. The molecule has 1 N–H and O–H groups in total. The number of aryl methyl sites for hydroxylation is 2. The summed E-state index contributed by atoms with van der Waals surface area (Å²) in [5.41, 5.74) is 4.02. The summed E-state index contributed by atoms with van der Waals surface area (Å²) in [6.45, 7) is 4.04. The summed E-state index contributed by atoms with van der Waals surface area (Å²) in [5.74, 6) is 0.000142. The van der Waals surface area contributed by atoms with Gasteiger partial charge in [-0.3, -0.25) is 4.79 Å². The van der Waals surface area contributed by atoms with Crippen LogP contribution in [0.3, 0.4) is 0 Å². The number of carbonyl (C=O) groups excluding carboxylic acids is 1. The van der Waals surface area contributed by atoms with Gasteiger partial charge in [0.2, 0.25) is 0 Å². The highest BCUT2D eigenvalue weighted by molar-refractivity contribution is 6.04. The Balaban J connectivity index is 1.99. The minimum absolute atomic E-state index is 0.000142. The van der Waals surface area contributed by atoms with Gasteiger partial charge in [0.15, 0.2) is 5.78 Å². The highest BCUT2D eigenvalue weighted by Gasteiger charge is 1.99. The topological polar surface area (TPSA) is 29.1 Å². The third kappa shape index (κ3) is 3.81. The van der Waals surface area contributed by atoms with Crippen molar-refractivity contribution in [3.63, 3.8) is 0 Å². The number of hydrogen-bond donors (Lipinski definition) is 1. The fourth-order valence-electron chi connectivity index (χ4n) is 1.76. The number of nitrogens with one attached hydrogen (secondary N) is 1. The van der Waals surface area contributed by atoms with E-state index in [0.29, 0.717) is 5.56 Å². The fraction of sp³-hybridized carbons (Fsp3) is 0.118. The second-order valence-electron chi connectivity index (χ2n) is 4.58. The van der Waals surface area contributed by atoms with Crippen molar-refractivity contribution in [2.75, 3.05) is 5.32 Å². The van der Waals surface area contributed by atoms with E-state index in [0.717, 1.165) is 11.3 Å². The predicted octanol–water partition coefficient (Wildman–Crippen LogP) is 4.11. The van der Waals surface area contributed by atoms with E-state index in [1.54, 1.807) is 12.3 Å². The van der Waals surface area contributed by atoms with Gasteiger partial charge in [-0.05, 0) is 31.5 Å². The molecule has 0 amide bonds. The Morgan fingerprint density at radius 2 is 1.74 bits per heavy atom. The average Bonchev–Trinajstić information content (AvgIpc) is 2.39. The minimum atomic E-state index is 0.000142.